The number of benzene rings is 1. The average Bonchev–Trinajstić information content (AvgIpc) is 2.82. The van der Waals surface area contributed by atoms with E-state index in [1.54, 1.807) is 37.0 Å². The molecule has 2 rings (SSSR count). The Kier molecular flexibility index (Phi) is 4.07. The van der Waals surface area contributed by atoms with Crippen LogP contribution in [0.3, 0.4) is 0 Å². The first-order valence-electron chi connectivity index (χ1n) is 6.45. The van der Waals surface area contributed by atoms with Crippen LogP contribution >= 0.6 is 0 Å². The van der Waals surface area contributed by atoms with E-state index in [-0.39, 0.29) is 11.5 Å². The Balaban J connectivity index is 2.20. The van der Waals surface area contributed by atoms with Crippen molar-refractivity contribution >= 4 is 11.9 Å². The lowest BCUT2D eigenvalue weighted by Gasteiger charge is -2.17. The second-order valence-electron chi connectivity index (χ2n) is 5.08. The fourth-order valence-electron chi connectivity index (χ4n) is 2.15. The van der Waals surface area contributed by atoms with Crippen LogP contribution in [0, 0.1) is 6.92 Å². The molecule has 1 heterocycles. The summed E-state index contributed by atoms with van der Waals surface area (Å²) in [7, 11) is 3.49. The van der Waals surface area contributed by atoms with E-state index >= 15 is 0 Å². The molecule has 0 aliphatic heterocycles. The van der Waals surface area contributed by atoms with Crippen LogP contribution in [-0.2, 0) is 13.6 Å². The third kappa shape index (κ3) is 3.47. The highest BCUT2D eigenvalue weighted by atomic mass is 16.4. The number of hydrogen-bond acceptors (Lipinski definition) is 3. The first-order chi connectivity index (χ1) is 9.86. The van der Waals surface area contributed by atoms with Crippen LogP contribution in [0.5, 0.6) is 0 Å². The quantitative estimate of drug-likeness (QED) is 0.928. The SMILES string of the molecule is Cc1cc(C(=O)O)cc(C(=O)N(C)Cc2cnn(C)c2)c1. The van der Waals surface area contributed by atoms with Gasteiger partial charge in [-0.15, -0.1) is 0 Å². The number of carbonyl (C=O) groups is 2. The Labute approximate surface area is 122 Å². The predicted molar refractivity (Wildman–Crippen MR) is 77.1 cm³/mol. The Morgan fingerprint density at radius 2 is 1.95 bits per heavy atom. The van der Waals surface area contributed by atoms with Gasteiger partial charge in [0.05, 0.1) is 11.8 Å². The minimum atomic E-state index is -1.04. The normalized spacial score (nSPS) is 10.4. The molecule has 6 heteroatoms. The highest BCUT2D eigenvalue weighted by Gasteiger charge is 2.15. The summed E-state index contributed by atoms with van der Waals surface area (Å²) >= 11 is 0. The number of carboxylic acids is 1. The molecule has 1 aromatic heterocycles. The van der Waals surface area contributed by atoms with Crippen LogP contribution in [0.4, 0.5) is 0 Å². The predicted octanol–water partition coefficient (Wildman–Crippen LogP) is 1.70. The van der Waals surface area contributed by atoms with E-state index in [1.165, 1.54) is 11.0 Å². The molecule has 1 N–H and O–H groups in total. The molecule has 0 bridgehead atoms. The van der Waals surface area contributed by atoms with Gasteiger partial charge in [-0.2, -0.15) is 5.10 Å². The first-order valence-corrected chi connectivity index (χ1v) is 6.45. The molecular formula is C15H17N3O3. The standard InChI is InChI=1S/C15H17N3O3/c1-10-4-12(6-13(5-10)15(20)21)14(19)17(2)8-11-7-16-18(3)9-11/h4-7,9H,8H2,1-3H3,(H,20,21). The van der Waals surface area contributed by atoms with Crippen LogP contribution in [0.15, 0.2) is 30.6 Å². The number of aromatic carboxylic acids is 1. The number of carbonyl (C=O) groups excluding carboxylic acids is 1. The van der Waals surface area contributed by atoms with Gasteiger partial charge in [-0.25, -0.2) is 4.79 Å². The highest BCUT2D eigenvalue weighted by Crippen LogP contribution is 2.13. The van der Waals surface area contributed by atoms with Crippen molar-refractivity contribution in [3.63, 3.8) is 0 Å². The maximum Gasteiger partial charge on any atom is 0.335 e. The third-order valence-electron chi connectivity index (χ3n) is 3.10. The molecule has 0 aliphatic rings. The molecule has 0 spiro atoms. The lowest BCUT2D eigenvalue weighted by atomic mass is 10.1. The van der Waals surface area contributed by atoms with Crippen molar-refractivity contribution in [2.24, 2.45) is 7.05 Å². The van der Waals surface area contributed by atoms with Crippen molar-refractivity contribution in [3.8, 4) is 0 Å². The molecule has 0 saturated heterocycles. The monoisotopic (exact) mass is 287 g/mol. The smallest absolute Gasteiger partial charge is 0.335 e. The average molecular weight is 287 g/mol. The zero-order chi connectivity index (χ0) is 15.6. The molecule has 110 valence electrons. The van der Waals surface area contributed by atoms with E-state index in [4.69, 9.17) is 5.11 Å². The summed E-state index contributed by atoms with van der Waals surface area (Å²) in [5, 5.41) is 13.1. The van der Waals surface area contributed by atoms with Gasteiger partial charge in [0.25, 0.3) is 5.91 Å². The Hall–Kier alpha value is -2.63. The molecule has 0 radical (unpaired) electrons. The van der Waals surface area contributed by atoms with Crippen molar-refractivity contribution in [3.05, 3.63) is 52.8 Å². The van der Waals surface area contributed by atoms with E-state index in [0.717, 1.165) is 11.1 Å². The van der Waals surface area contributed by atoms with Crippen molar-refractivity contribution < 1.29 is 14.7 Å². The van der Waals surface area contributed by atoms with Crippen LogP contribution in [0.2, 0.25) is 0 Å². The maximum atomic E-state index is 12.4. The van der Waals surface area contributed by atoms with Crippen LogP contribution < -0.4 is 0 Å². The van der Waals surface area contributed by atoms with Gasteiger partial charge in [-0.05, 0) is 30.7 Å². The van der Waals surface area contributed by atoms with E-state index in [9.17, 15) is 9.59 Å². The number of aromatic nitrogens is 2. The van der Waals surface area contributed by atoms with Crippen LogP contribution in [0.25, 0.3) is 0 Å². The minimum absolute atomic E-state index is 0.119. The number of rotatable bonds is 4. The molecule has 6 nitrogen and oxygen atoms in total. The fourth-order valence-corrected chi connectivity index (χ4v) is 2.15. The Bertz CT molecular complexity index is 691. The fraction of sp³-hybridized carbons (Fsp3) is 0.267. The highest BCUT2D eigenvalue weighted by molar-refractivity contribution is 5.97. The van der Waals surface area contributed by atoms with Gasteiger partial charge in [-0.1, -0.05) is 0 Å². The molecule has 0 atom stereocenters. The summed E-state index contributed by atoms with van der Waals surface area (Å²) in [5.41, 5.74) is 2.15. The van der Waals surface area contributed by atoms with E-state index in [1.807, 2.05) is 13.2 Å². The van der Waals surface area contributed by atoms with E-state index < -0.39 is 5.97 Å². The summed E-state index contributed by atoms with van der Waals surface area (Å²) in [6.07, 6.45) is 3.53. The Morgan fingerprint density at radius 3 is 2.52 bits per heavy atom. The molecule has 0 unspecified atom stereocenters. The number of nitrogens with zero attached hydrogens (tertiary/aromatic N) is 3. The molecule has 0 fully saturated rings. The zero-order valence-corrected chi connectivity index (χ0v) is 12.2. The van der Waals surface area contributed by atoms with E-state index in [0.29, 0.717) is 12.1 Å². The van der Waals surface area contributed by atoms with Crippen molar-refractivity contribution in [2.45, 2.75) is 13.5 Å². The molecule has 0 saturated carbocycles. The summed E-state index contributed by atoms with van der Waals surface area (Å²) in [4.78, 5) is 25.0. The second kappa shape index (κ2) is 5.78. The van der Waals surface area contributed by atoms with Crippen LogP contribution in [0.1, 0.15) is 31.8 Å². The topological polar surface area (TPSA) is 75.4 Å². The van der Waals surface area contributed by atoms with Crippen molar-refractivity contribution in [1.82, 2.24) is 14.7 Å². The second-order valence-corrected chi connectivity index (χ2v) is 5.08. The van der Waals surface area contributed by atoms with Gasteiger partial charge < -0.3 is 10.0 Å². The maximum absolute atomic E-state index is 12.4. The number of carboxylic acid groups (broad SMARTS) is 1. The van der Waals surface area contributed by atoms with Gasteiger partial charge >= 0.3 is 5.97 Å². The molecular weight excluding hydrogens is 270 g/mol. The summed E-state index contributed by atoms with van der Waals surface area (Å²) in [6.45, 7) is 2.19. The summed E-state index contributed by atoms with van der Waals surface area (Å²) in [5.74, 6) is -1.26. The van der Waals surface area contributed by atoms with Gasteiger partial charge in [0.1, 0.15) is 0 Å². The molecule has 2 aromatic rings. The van der Waals surface area contributed by atoms with Gasteiger partial charge in [0.2, 0.25) is 0 Å². The third-order valence-corrected chi connectivity index (χ3v) is 3.10. The number of hydrogen-bond donors (Lipinski definition) is 1. The van der Waals surface area contributed by atoms with Gasteiger partial charge in [0.15, 0.2) is 0 Å². The van der Waals surface area contributed by atoms with E-state index in [2.05, 4.69) is 5.10 Å². The van der Waals surface area contributed by atoms with Crippen molar-refractivity contribution in [1.29, 1.82) is 0 Å². The summed E-state index contributed by atoms with van der Waals surface area (Å²) < 4.78 is 1.67. The summed E-state index contributed by atoms with van der Waals surface area (Å²) in [6, 6.07) is 4.63. The zero-order valence-electron chi connectivity index (χ0n) is 12.2. The largest absolute Gasteiger partial charge is 0.478 e. The minimum Gasteiger partial charge on any atom is -0.478 e. The molecule has 21 heavy (non-hydrogen) atoms. The number of aryl methyl sites for hydroxylation is 2. The Morgan fingerprint density at radius 1 is 1.29 bits per heavy atom. The van der Waals surface area contributed by atoms with Crippen molar-refractivity contribution in [2.75, 3.05) is 7.05 Å². The number of amides is 1. The van der Waals surface area contributed by atoms with Crippen LogP contribution in [-0.4, -0.2) is 38.7 Å². The first kappa shape index (κ1) is 14.8. The lowest BCUT2D eigenvalue weighted by Crippen LogP contribution is -2.26. The lowest BCUT2D eigenvalue weighted by molar-refractivity contribution is 0.0696. The molecule has 0 aliphatic carbocycles. The van der Waals surface area contributed by atoms with Gasteiger partial charge in [-0.3, -0.25) is 9.48 Å². The molecule has 1 aromatic carbocycles. The van der Waals surface area contributed by atoms with Gasteiger partial charge in [0, 0.05) is 38.0 Å². The molecule has 1 amide bonds.